The number of benzene rings is 2. The summed E-state index contributed by atoms with van der Waals surface area (Å²) in [4.78, 5) is 20.9. The summed E-state index contributed by atoms with van der Waals surface area (Å²) in [6.07, 6.45) is -0.0817. The van der Waals surface area contributed by atoms with Crippen LogP contribution in [0.5, 0.6) is 5.88 Å². The van der Waals surface area contributed by atoms with Crippen molar-refractivity contribution in [3.63, 3.8) is 0 Å². The fraction of sp³-hybridized carbons (Fsp3) is 0.192. The van der Waals surface area contributed by atoms with Crippen LogP contribution in [0, 0.1) is 0 Å². The molecule has 0 atom stereocenters. The van der Waals surface area contributed by atoms with Crippen LogP contribution in [0.1, 0.15) is 28.4 Å². The Balaban J connectivity index is 1.43. The number of aromatic nitrogens is 6. The van der Waals surface area contributed by atoms with E-state index in [2.05, 4.69) is 20.2 Å². The monoisotopic (exact) mass is 522 g/mol. The number of methoxy groups -OCH3 is 1. The highest BCUT2D eigenvalue weighted by atomic mass is 19.4. The third kappa shape index (κ3) is 4.80. The van der Waals surface area contributed by atoms with Crippen LogP contribution < -0.4 is 4.74 Å². The van der Waals surface area contributed by atoms with Gasteiger partial charge in [-0.05, 0) is 29.7 Å². The van der Waals surface area contributed by atoms with Crippen molar-refractivity contribution in [2.24, 2.45) is 0 Å². The zero-order valence-electron chi connectivity index (χ0n) is 20.3. The lowest BCUT2D eigenvalue weighted by Gasteiger charge is -2.13. The molecule has 0 amide bonds. The lowest BCUT2D eigenvalue weighted by atomic mass is 9.98. The molecule has 0 bridgehead atoms. The molecule has 5 rings (SSSR count). The molecule has 0 aliphatic heterocycles. The Morgan fingerprint density at radius 3 is 2.47 bits per heavy atom. The lowest BCUT2D eigenvalue weighted by molar-refractivity contribution is -0.137. The molecule has 9 nitrogen and oxygen atoms in total. The third-order valence-electron chi connectivity index (χ3n) is 5.77. The van der Waals surface area contributed by atoms with E-state index >= 15 is 0 Å². The van der Waals surface area contributed by atoms with Gasteiger partial charge in [-0.25, -0.2) is 14.5 Å². The van der Waals surface area contributed by atoms with Gasteiger partial charge >= 0.3 is 12.1 Å². The minimum absolute atomic E-state index is 0.114. The van der Waals surface area contributed by atoms with Crippen LogP contribution in [-0.2, 0) is 17.5 Å². The summed E-state index contributed by atoms with van der Waals surface area (Å²) in [5.41, 5.74) is 1.96. The first kappa shape index (κ1) is 24.9. The number of nitrogens with zero attached hydrogens (tertiary/aromatic N) is 6. The van der Waals surface area contributed by atoms with Crippen LogP contribution in [0.4, 0.5) is 13.2 Å². The van der Waals surface area contributed by atoms with Crippen LogP contribution in [0.15, 0.2) is 67.1 Å². The Morgan fingerprint density at radius 2 is 1.76 bits per heavy atom. The van der Waals surface area contributed by atoms with Crippen molar-refractivity contribution in [2.75, 3.05) is 13.7 Å². The number of rotatable bonds is 7. The van der Waals surface area contributed by atoms with Gasteiger partial charge in [0.25, 0.3) is 5.95 Å². The predicted molar refractivity (Wildman–Crippen MR) is 131 cm³/mol. The SMILES string of the molecule is CCOC(=O)c1cnn(-c2nc(OC)c3c(cnn3Cc3ccc(-c4ccccc4C(F)(F)F)cc3)n2)c1. The Kier molecular flexibility index (Phi) is 6.53. The molecule has 0 fully saturated rings. The van der Waals surface area contributed by atoms with E-state index in [0.717, 1.165) is 11.6 Å². The number of hydrogen-bond donors (Lipinski definition) is 0. The molecule has 194 valence electrons. The van der Waals surface area contributed by atoms with Gasteiger partial charge in [0.2, 0.25) is 5.88 Å². The van der Waals surface area contributed by atoms with Crippen molar-refractivity contribution >= 4 is 17.0 Å². The molecule has 0 spiro atoms. The maximum Gasteiger partial charge on any atom is 0.417 e. The Hall–Kier alpha value is -4.74. The van der Waals surface area contributed by atoms with Crippen LogP contribution in [0.2, 0.25) is 0 Å². The van der Waals surface area contributed by atoms with E-state index in [9.17, 15) is 18.0 Å². The second-order valence-electron chi connectivity index (χ2n) is 8.20. The molecular weight excluding hydrogens is 501 g/mol. The molecule has 12 heteroatoms. The van der Waals surface area contributed by atoms with E-state index in [-0.39, 0.29) is 29.6 Å². The van der Waals surface area contributed by atoms with E-state index < -0.39 is 17.7 Å². The first-order chi connectivity index (χ1) is 18.3. The molecule has 2 aromatic carbocycles. The van der Waals surface area contributed by atoms with Gasteiger partial charge in [-0.3, -0.25) is 4.68 Å². The van der Waals surface area contributed by atoms with E-state index in [0.29, 0.717) is 23.1 Å². The third-order valence-corrected chi connectivity index (χ3v) is 5.77. The molecule has 38 heavy (non-hydrogen) atoms. The smallest absolute Gasteiger partial charge is 0.417 e. The summed E-state index contributed by atoms with van der Waals surface area (Å²) in [5.74, 6) is -0.0870. The highest BCUT2D eigenvalue weighted by Gasteiger charge is 2.33. The van der Waals surface area contributed by atoms with Crippen molar-refractivity contribution in [2.45, 2.75) is 19.6 Å². The molecule has 5 aromatic rings. The number of carbonyl (C=O) groups excluding carboxylic acids is 1. The second-order valence-corrected chi connectivity index (χ2v) is 8.20. The largest absolute Gasteiger partial charge is 0.479 e. The normalized spacial score (nSPS) is 11.6. The summed E-state index contributed by atoms with van der Waals surface area (Å²) >= 11 is 0. The van der Waals surface area contributed by atoms with Crippen molar-refractivity contribution in [3.05, 3.63) is 83.8 Å². The summed E-state index contributed by atoms with van der Waals surface area (Å²) < 4.78 is 53.7. The van der Waals surface area contributed by atoms with Gasteiger partial charge in [0.15, 0.2) is 0 Å². The van der Waals surface area contributed by atoms with Crippen molar-refractivity contribution in [1.29, 1.82) is 0 Å². The quantitative estimate of drug-likeness (QED) is 0.280. The number of carbonyl (C=O) groups is 1. The Morgan fingerprint density at radius 1 is 1.00 bits per heavy atom. The summed E-state index contributed by atoms with van der Waals surface area (Å²) in [5, 5.41) is 8.54. The van der Waals surface area contributed by atoms with Gasteiger partial charge in [-0.15, -0.1) is 0 Å². The zero-order chi connectivity index (χ0) is 26.9. The fourth-order valence-corrected chi connectivity index (χ4v) is 4.02. The number of hydrogen-bond acceptors (Lipinski definition) is 7. The van der Waals surface area contributed by atoms with Crippen LogP contribution in [-0.4, -0.2) is 49.2 Å². The predicted octanol–water partition coefficient (Wildman–Crippen LogP) is 4.93. The fourth-order valence-electron chi connectivity index (χ4n) is 4.02. The van der Waals surface area contributed by atoms with Crippen molar-refractivity contribution in [3.8, 4) is 23.0 Å². The summed E-state index contributed by atoms with van der Waals surface area (Å²) in [7, 11) is 1.46. The molecule has 3 aromatic heterocycles. The minimum atomic E-state index is -4.45. The van der Waals surface area contributed by atoms with Gasteiger partial charge in [0, 0.05) is 6.20 Å². The number of halogens is 3. The van der Waals surface area contributed by atoms with E-state index in [4.69, 9.17) is 9.47 Å². The molecule has 3 heterocycles. The molecule has 0 aliphatic carbocycles. The first-order valence-electron chi connectivity index (χ1n) is 11.5. The molecule has 0 radical (unpaired) electrons. The van der Waals surface area contributed by atoms with E-state index in [1.807, 2.05) is 0 Å². The first-order valence-corrected chi connectivity index (χ1v) is 11.5. The zero-order valence-corrected chi connectivity index (χ0v) is 20.3. The molecule has 0 unspecified atom stereocenters. The number of alkyl halides is 3. The van der Waals surface area contributed by atoms with Crippen LogP contribution in [0.3, 0.4) is 0 Å². The van der Waals surface area contributed by atoms with E-state index in [1.54, 1.807) is 48.1 Å². The second kappa shape index (κ2) is 9.96. The van der Waals surface area contributed by atoms with Crippen molar-refractivity contribution < 1.29 is 27.4 Å². The lowest BCUT2D eigenvalue weighted by Crippen LogP contribution is -2.08. The molecule has 0 saturated carbocycles. The Labute approximate surface area is 214 Å². The Bertz CT molecular complexity index is 1610. The highest BCUT2D eigenvalue weighted by Crippen LogP contribution is 2.37. The molecule has 0 saturated heterocycles. The average molecular weight is 522 g/mol. The van der Waals surface area contributed by atoms with E-state index in [1.165, 1.54) is 36.3 Å². The maximum absolute atomic E-state index is 13.4. The minimum Gasteiger partial charge on any atom is -0.479 e. The van der Waals surface area contributed by atoms with Gasteiger partial charge in [-0.1, -0.05) is 42.5 Å². The molecule has 0 N–H and O–H groups in total. The maximum atomic E-state index is 13.4. The van der Waals surface area contributed by atoms with Gasteiger partial charge in [0.05, 0.1) is 43.8 Å². The molecule has 0 aliphatic rings. The number of esters is 1. The van der Waals surface area contributed by atoms with Crippen LogP contribution >= 0.6 is 0 Å². The standard InChI is InChI=1S/C26H21F3N6O3/c1-3-38-24(36)18-12-30-35(15-18)25-32-21-13-31-34(22(21)23(33-25)37-2)14-16-8-10-17(11-9-16)19-6-4-5-7-20(19)26(27,28)29/h4-13,15H,3,14H2,1-2H3. The molecular formula is C26H21F3N6O3. The highest BCUT2D eigenvalue weighted by molar-refractivity contribution is 5.88. The topological polar surface area (TPSA) is 97.0 Å². The summed E-state index contributed by atoms with van der Waals surface area (Å²) in [6, 6.07) is 12.3. The summed E-state index contributed by atoms with van der Waals surface area (Å²) in [6.45, 7) is 2.25. The van der Waals surface area contributed by atoms with Crippen molar-refractivity contribution in [1.82, 2.24) is 29.5 Å². The average Bonchev–Trinajstić information content (AvgIpc) is 3.56. The van der Waals surface area contributed by atoms with Gasteiger partial charge in [-0.2, -0.15) is 28.4 Å². The number of fused-ring (bicyclic) bond motifs is 1. The van der Waals surface area contributed by atoms with Crippen LogP contribution in [0.25, 0.3) is 28.1 Å². The number of ether oxygens (including phenoxy) is 2. The van der Waals surface area contributed by atoms with Gasteiger partial charge < -0.3 is 9.47 Å². The van der Waals surface area contributed by atoms with Gasteiger partial charge in [0.1, 0.15) is 11.0 Å².